The van der Waals surface area contributed by atoms with Crippen molar-refractivity contribution in [1.82, 2.24) is 5.32 Å². The number of rotatable bonds is 2. The zero-order valence-corrected chi connectivity index (χ0v) is 9.51. The van der Waals surface area contributed by atoms with E-state index in [0.717, 1.165) is 6.42 Å². The summed E-state index contributed by atoms with van der Waals surface area (Å²) < 4.78 is 0. The molecule has 3 heteroatoms. The van der Waals surface area contributed by atoms with Gasteiger partial charge in [-0.1, -0.05) is 20.8 Å². The van der Waals surface area contributed by atoms with Gasteiger partial charge in [0.1, 0.15) is 0 Å². The van der Waals surface area contributed by atoms with E-state index >= 15 is 0 Å². The van der Waals surface area contributed by atoms with E-state index in [1.54, 1.807) is 0 Å². The minimum Gasteiger partial charge on any atom is -0.376 e. The summed E-state index contributed by atoms with van der Waals surface area (Å²) in [6, 6.07) is 0. The molecule has 0 amide bonds. The van der Waals surface area contributed by atoms with Gasteiger partial charge >= 0.3 is 0 Å². The van der Waals surface area contributed by atoms with Crippen molar-refractivity contribution in [3.63, 3.8) is 0 Å². The van der Waals surface area contributed by atoms with Crippen LogP contribution in [0.15, 0.2) is 0 Å². The second kappa shape index (κ2) is 3.60. The molecule has 0 aliphatic heterocycles. The Bertz CT molecular complexity index is 168. The lowest BCUT2D eigenvalue weighted by molar-refractivity contribution is 0.267. The summed E-state index contributed by atoms with van der Waals surface area (Å²) in [6.07, 6.45) is 1.04. The van der Waals surface area contributed by atoms with Crippen LogP contribution in [-0.2, 0) is 0 Å². The molecule has 0 aliphatic carbocycles. The molecule has 0 unspecified atom stereocenters. The summed E-state index contributed by atoms with van der Waals surface area (Å²) in [4.78, 5) is 0. The van der Waals surface area contributed by atoms with E-state index in [-0.39, 0.29) is 5.54 Å². The largest absolute Gasteiger partial charge is 0.376 e. The van der Waals surface area contributed by atoms with Crippen LogP contribution in [0.5, 0.6) is 0 Å². The highest BCUT2D eigenvalue weighted by molar-refractivity contribution is 7.80. The Morgan fingerprint density at radius 1 is 1.25 bits per heavy atom. The topological polar surface area (TPSA) is 38.0 Å². The first-order valence-corrected chi connectivity index (χ1v) is 4.61. The molecule has 0 rings (SSSR count). The van der Waals surface area contributed by atoms with Crippen LogP contribution in [0.4, 0.5) is 0 Å². The van der Waals surface area contributed by atoms with Crippen LogP contribution in [0.1, 0.15) is 41.0 Å². The Morgan fingerprint density at radius 2 is 1.67 bits per heavy atom. The highest BCUT2D eigenvalue weighted by Crippen LogP contribution is 2.26. The normalized spacial score (nSPS) is 12.8. The summed E-state index contributed by atoms with van der Waals surface area (Å²) >= 11 is 4.80. The van der Waals surface area contributed by atoms with Crippen molar-refractivity contribution < 1.29 is 0 Å². The van der Waals surface area contributed by atoms with Gasteiger partial charge in [-0.3, -0.25) is 0 Å². The van der Waals surface area contributed by atoms with Crippen molar-refractivity contribution >= 4 is 17.3 Å². The molecule has 0 saturated heterocycles. The molecule has 0 fully saturated rings. The standard InChI is InChI=1S/C9H20N2S/c1-8(2,3)6-9(4,5)11-7(10)12/h6H2,1-5H3,(H3,10,11,12). The first-order valence-electron chi connectivity index (χ1n) is 4.20. The smallest absolute Gasteiger partial charge is 0.164 e. The summed E-state index contributed by atoms with van der Waals surface area (Å²) in [6.45, 7) is 10.8. The maximum absolute atomic E-state index is 5.42. The predicted octanol–water partition coefficient (Wildman–Crippen LogP) is 2.03. The van der Waals surface area contributed by atoms with Crippen molar-refractivity contribution in [2.45, 2.75) is 46.6 Å². The second-order valence-corrected chi connectivity index (χ2v) is 5.55. The van der Waals surface area contributed by atoms with E-state index in [9.17, 15) is 0 Å². The molecule has 0 atom stereocenters. The fourth-order valence-electron chi connectivity index (χ4n) is 1.70. The van der Waals surface area contributed by atoms with Crippen LogP contribution < -0.4 is 11.1 Å². The van der Waals surface area contributed by atoms with Crippen LogP contribution in [0.3, 0.4) is 0 Å². The number of nitrogens with one attached hydrogen (secondary N) is 1. The lowest BCUT2D eigenvalue weighted by atomic mass is 9.82. The molecule has 0 spiro atoms. The van der Waals surface area contributed by atoms with Crippen LogP contribution in [0, 0.1) is 5.41 Å². The molecule has 12 heavy (non-hydrogen) atoms. The number of nitrogens with two attached hydrogens (primary N) is 1. The summed E-state index contributed by atoms with van der Waals surface area (Å²) in [5.41, 5.74) is 5.70. The molecule has 2 nitrogen and oxygen atoms in total. The first kappa shape index (κ1) is 11.7. The molecule has 0 aromatic heterocycles. The van der Waals surface area contributed by atoms with Gasteiger partial charge < -0.3 is 11.1 Å². The number of hydrogen-bond acceptors (Lipinski definition) is 1. The average Bonchev–Trinajstić information content (AvgIpc) is 1.48. The second-order valence-electron chi connectivity index (χ2n) is 5.11. The maximum Gasteiger partial charge on any atom is 0.164 e. The molecule has 72 valence electrons. The van der Waals surface area contributed by atoms with Gasteiger partial charge in [-0.2, -0.15) is 0 Å². The molecule has 0 aliphatic rings. The fourth-order valence-corrected chi connectivity index (χ4v) is 1.98. The Kier molecular flexibility index (Phi) is 3.51. The number of hydrogen-bond donors (Lipinski definition) is 2. The van der Waals surface area contributed by atoms with Crippen LogP contribution in [0.25, 0.3) is 0 Å². The molecule has 0 heterocycles. The van der Waals surface area contributed by atoms with Gasteiger partial charge in [0, 0.05) is 5.54 Å². The van der Waals surface area contributed by atoms with Crippen LogP contribution in [0.2, 0.25) is 0 Å². The Hall–Kier alpha value is -0.310. The van der Waals surface area contributed by atoms with Gasteiger partial charge in [-0.15, -0.1) is 0 Å². The van der Waals surface area contributed by atoms with E-state index in [1.165, 1.54) is 0 Å². The lowest BCUT2D eigenvalue weighted by Crippen LogP contribution is -2.47. The van der Waals surface area contributed by atoms with E-state index < -0.39 is 0 Å². The zero-order chi connectivity index (χ0) is 9.99. The van der Waals surface area contributed by atoms with Crippen molar-refractivity contribution in [2.24, 2.45) is 11.1 Å². The quantitative estimate of drug-likeness (QED) is 0.651. The van der Waals surface area contributed by atoms with E-state index in [4.69, 9.17) is 18.0 Å². The summed E-state index contributed by atoms with van der Waals surface area (Å²) in [5.74, 6) is 0. The number of thiocarbonyl (C=S) groups is 1. The van der Waals surface area contributed by atoms with Crippen molar-refractivity contribution in [3.8, 4) is 0 Å². The van der Waals surface area contributed by atoms with Gasteiger partial charge in [-0.05, 0) is 37.9 Å². The third-order valence-electron chi connectivity index (χ3n) is 1.43. The predicted molar refractivity (Wildman–Crippen MR) is 58.1 cm³/mol. The van der Waals surface area contributed by atoms with Crippen LogP contribution >= 0.6 is 12.2 Å². The minimum absolute atomic E-state index is 0.00984. The van der Waals surface area contributed by atoms with Gasteiger partial charge in [0.2, 0.25) is 0 Å². The maximum atomic E-state index is 5.42. The molecule has 0 aromatic carbocycles. The average molecular weight is 188 g/mol. The summed E-state index contributed by atoms with van der Waals surface area (Å²) in [5, 5.41) is 3.46. The van der Waals surface area contributed by atoms with E-state index in [0.29, 0.717) is 10.5 Å². The van der Waals surface area contributed by atoms with E-state index in [2.05, 4.69) is 39.9 Å². The highest BCUT2D eigenvalue weighted by Gasteiger charge is 2.25. The first-order chi connectivity index (χ1) is 5.12. The highest BCUT2D eigenvalue weighted by atomic mass is 32.1. The Morgan fingerprint density at radius 3 is 1.92 bits per heavy atom. The monoisotopic (exact) mass is 188 g/mol. The SMILES string of the molecule is CC(C)(C)CC(C)(C)NC(N)=S. The van der Waals surface area contributed by atoms with Gasteiger partial charge in [0.05, 0.1) is 0 Å². The fraction of sp³-hybridized carbons (Fsp3) is 0.889. The van der Waals surface area contributed by atoms with Crippen LogP contribution in [-0.4, -0.2) is 10.7 Å². The van der Waals surface area contributed by atoms with Crippen molar-refractivity contribution in [2.75, 3.05) is 0 Å². The Balaban J connectivity index is 4.13. The molecule has 0 aromatic rings. The molecule has 0 bridgehead atoms. The third kappa shape index (κ3) is 6.40. The molecule has 3 N–H and O–H groups in total. The Labute approximate surface area is 80.9 Å². The van der Waals surface area contributed by atoms with Gasteiger partial charge in [0.15, 0.2) is 5.11 Å². The van der Waals surface area contributed by atoms with Crippen molar-refractivity contribution in [3.05, 3.63) is 0 Å². The molecule has 0 saturated carbocycles. The minimum atomic E-state index is -0.00984. The summed E-state index contributed by atoms with van der Waals surface area (Å²) in [7, 11) is 0. The van der Waals surface area contributed by atoms with Crippen molar-refractivity contribution in [1.29, 1.82) is 0 Å². The zero-order valence-electron chi connectivity index (χ0n) is 8.69. The lowest BCUT2D eigenvalue weighted by Gasteiger charge is -2.33. The molecular weight excluding hydrogens is 168 g/mol. The third-order valence-corrected chi connectivity index (χ3v) is 1.54. The van der Waals surface area contributed by atoms with Gasteiger partial charge in [0.25, 0.3) is 0 Å². The molecular formula is C9H20N2S. The molecule has 0 radical (unpaired) electrons. The van der Waals surface area contributed by atoms with Gasteiger partial charge in [-0.25, -0.2) is 0 Å². The van der Waals surface area contributed by atoms with E-state index in [1.807, 2.05) is 0 Å².